The fourth-order valence-electron chi connectivity index (χ4n) is 3.37. The summed E-state index contributed by atoms with van der Waals surface area (Å²) in [5, 5.41) is 5.29. The van der Waals surface area contributed by atoms with Gasteiger partial charge in [-0.1, -0.05) is 61.9 Å². The van der Waals surface area contributed by atoms with Crippen molar-refractivity contribution in [2.24, 2.45) is 5.92 Å². The van der Waals surface area contributed by atoms with Gasteiger partial charge < -0.3 is 5.32 Å². The van der Waals surface area contributed by atoms with Gasteiger partial charge in [0.25, 0.3) is 0 Å². The molecule has 0 saturated heterocycles. The van der Waals surface area contributed by atoms with Crippen LogP contribution in [-0.4, -0.2) is 12.6 Å². The van der Waals surface area contributed by atoms with Crippen LogP contribution in [-0.2, 0) is 6.42 Å². The summed E-state index contributed by atoms with van der Waals surface area (Å²) in [5.74, 6) is 0.783. The summed E-state index contributed by atoms with van der Waals surface area (Å²) < 4.78 is 0. The molecule has 1 aromatic carbocycles. The first-order valence-electron chi connectivity index (χ1n) is 8.38. The third-order valence-electron chi connectivity index (χ3n) is 4.58. The van der Waals surface area contributed by atoms with E-state index in [2.05, 4.69) is 18.3 Å². The minimum atomic E-state index is 0.543. The van der Waals surface area contributed by atoms with Crippen LogP contribution in [0.5, 0.6) is 0 Å². The van der Waals surface area contributed by atoms with E-state index in [0.717, 1.165) is 28.9 Å². The van der Waals surface area contributed by atoms with Gasteiger partial charge in [0.15, 0.2) is 0 Å². The summed E-state index contributed by atoms with van der Waals surface area (Å²) in [7, 11) is 0. The second-order valence-corrected chi connectivity index (χ2v) is 7.10. The number of hydrogen-bond donors (Lipinski definition) is 1. The van der Waals surface area contributed by atoms with Gasteiger partial charge in [-0.15, -0.1) is 0 Å². The minimum Gasteiger partial charge on any atom is -0.313 e. The van der Waals surface area contributed by atoms with Crippen molar-refractivity contribution in [3.63, 3.8) is 0 Å². The lowest BCUT2D eigenvalue weighted by atomic mass is 9.87. The molecule has 0 aliphatic heterocycles. The molecule has 0 radical (unpaired) electrons. The standard InChI is InChI=1S/C18H27Cl2N/c1-2-11-21-18(14-7-5-3-4-6-8-14)12-15-9-10-16(19)13-17(15)20/h9-10,13-14,18,21H,2-8,11-12H2,1H3. The zero-order valence-electron chi connectivity index (χ0n) is 13.0. The molecule has 1 fully saturated rings. The van der Waals surface area contributed by atoms with Crippen LogP contribution in [0.4, 0.5) is 0 Å². The third kappa shape index (κ3) is 5.47. The molecule has 0 bridgehead atoms. The van der Waals surface area contributed by atoms with Gasteiger partial charge in [0.05, 0.1) is 0 Å². The van der Waals surface area contributed by atoms with E-state index in [4.69, 9.17) is 23.2 Å². The Hall–Kier alpha value is -0.240. The van der Waals surface area contributed by atoms with Crippen LogP contribution in [0.15, 0.2) is 18.2 Å². The minimum absolute atomic E-state index is 0.543. The molecule has 1 atom stereocenters. The lowest BCUT2D eigenvalue weighted by Gasteiger charge is -2.28. The fourth-order valence-corrected chi connectivity index (χ4v) is 3.86. The van der Waals surface area contributed by atoms with E-state index in [1.54, 1.807) is 0 Å². The van der Waals surface area contributed by atoms with Crippen molar-refractivity contribution in [3.8, 4) is 0 Å². The summed E-state index contributed by atoms with van der Waals surface area (Å²) in [4.78, 5) is 0. The van der Waals surface area contributed by atoms with E-state index in [1.807, 2.05) is 12.1 Å². The van der Waals surface area contributed by atoms with E-state index in [1.165, 1.54) is 50.5 Å². The highest BCUT2D eigenvalue weighted by Gasteiger charge is 2.23. The molecule has 0 amide bonds. The zero-order chi connectivity index (χ0) is 15.1. The number of hydrogen-bond acceptors (Lipinski definition) is 1. The van der Waals surface area contributed by atoms with E-state index < -0.39 is 0 Å². The van der Waals surface area contributed by atoms with Gasteiger partial charge in [0, 0.05) is 16.1 Å². The van der Waals surface area contributed by atoms with Gasteiger partial charge in [-0.2, -0.15) is 0 Å². The van der Waals surface area contributed by atoms with Gasteiger partial charge in [-0.25, -0.2) is 0 Å². The Labute approximate surface area is 139 Å². The Morgan fingerprint density at radius 3 is 2.48 bits per heavy atom. The van der Waals surface area contributed by atoms with Crippen LogP contribution < -0.4 is 5.32 Å². The molecule has 0 spiro atoms. The van der Waals surface area contributed by atoms with Crippen LogP contribution >= 0.6 is 23.2 Å². The zero-order valence-corrected chi connectivity index (χ0v) is 14.5. The van der Waals surface area contributed by atoms with Crippen LogP contribution in [0.2, 0.25) is 10.0 Å². The van der Waals surface area contributed by atoms with E-state index >= 15 is 0 Å². The molecular weight excluding hydrogens is 301 g/mol. The van der Waals surface area contributed by atoms with E-state index in [-0.39, 0.29) is 0 Å². The largest absolute Gasteiger partial charge is 0.313 e. The molecular formula is C18H27Cl2N. The molecule has 1 aromatic rings. The molecule has 1 aliphatic rings. The fraction of sp³-hybridized carbons (Fsp3) is 0.667. The monoisotopic (exact) mass is 327 g/mol. The average molecular weight is 328 g/mol. The maximum atomic E-state index is 6.37. The topological polar surface area (TPSA) is 12.0 Å². The Morgan fingerprint density at radius 1 is 1.14 bits per heavy atom. The molecule has 21 heavy (non-hydrogen) atoms. The second kappa shape index (κ2) is 9.02. The lowest BCUT2D eigenvalue weighted by molar-refractivity contribution is 0.317. The number of halogens is 2. The van der Waals surface area contributed by atoms with Gasteiger partial charge >= 0.3 is 0 Å². The molecule has 1 saturated carbocycles. The highest BCUT2D eigenvalue weighted by Crippen LogP contribution is 2.29. The molecule has 0 aromatic heterocycles. The predicted octanol–water partition coefficient (Wildman–Crippen LogP) is 5.87. The van der Waals surface area contributed by atoms with Crippen molar-refractivity contribution in [1.29, 1.82) is 0 Å². The van der Waals surface area contributed by atoms with E-state index in [0.29, 0.717) is 6.04 Å². The first-order valence-corrected chi connectivity index (χ1v) is 9.13. The SMILES string of the molecule is CCCNC(Cc1ccc(Cl)cc1Cl)C1CCCCCC1. The maximum absolute atomic E-state index is 6.37. The Balaban J connectivity index is 2.07. The molecule has 118 valence electrons. The molecule has 1 unspecified atom stereocenters. The highest BCUT2D eigenvalue weighted by atomic mass is 35.5. The van der Waals surface area contributed by atoms with Gasteiger partial charge in [0.1, 0.15) is 0 Å². The molecule has 0 heterocycles. The number of rotatable bonds is 6. The number of benzene rings is 1. The second-order valence-electron chi connectivity index (χ2n) is 6.25. The summed E-state index contributed by atoms with van der Waals surface area (Å²) in [6.45, 7) is 3.32. The van der Waals surface area contributed by atoms with Gasteiger partial charge in [-0.3, -0.25) is 0 Å². The Bertz CT molecular complexity index is 425. The smallest absolute Gasteiger partial charge is 0.0453 e. The first kappa shape index (κ1) is 17.1. The predicted molar refractivity (Wildman–Crippen MR) is 93.4 cm³/mol. The van der Waals surface area contributed by atoms with Crippen LogP contribution in [0.25, 0.3) is 0 Å². The van der Waals surface area contributed by atoms with E-state index in [9.17, 15) is 0 Å². The van der Waals surface area contributed by atoms with Gasteiger partial charge in [0.2, 0.25) is 0 Å². The molecule has 2 rings (SSSR count). The first-order chi connectivity index (χ1) is 10.2. The van der Waals surface area contributed by atoms with Crippen LogP contribution in [0.1, 0.15) is 57.4 Å². The summed E-state index contributed by atoms with van der Waals surface area (Å²) in [5.41, 5.74) is 1.22. The van der Waals surface area contributed by atoms with Crippen molar-refractivity contribution in [2.75, 3.05) is 6.54 Å². The number of nitrogens with one attached hydrogen (secondary N) is 1. The van der Waals surface area contributed by atoms with Crippen LogP contribution in [0.3, 0.4) is 0 Å². The average Bonchev–Trinajstić information content (AvgIpc) is 2.74. The molecule has 3 heteroatoms. The van der Waals surface area contributed by atoms with Crippen molar-refractivity contribution >= 4 is 23.2 Å². The van der Waals surface area contributed by atoms with Crippen molar-refractivity contribution in [2.45, 2.75) is 64.3 Å². The van der Waals surface area contributed by atoms with Crippen molar-refractivity contribution in [3.05, 3.63) is 33.8 Å². The molecule has 1 aliphatic carbocycles. The van der Waals surface area contributed by atoms with Crippen LogP contribution in [0, 0.1) is 5.92 Å². The Morgan fingerprint density at radius 2 is 1.86 bits per heavy atom. The normalized spacial score (nSPS) is 18.4. The van der Waals surface area contributed by atoms with Gasteiger partial charge in [-0.05, 0) is 55.8 Å². The van der Waals surface area contributed by atoms with Crippen molar-refractivity contribution in [1.82, 2.24) is 5.32 Å². The molecule has 1 N–H and O–H groups in total. The third-order valence-corrected chi connectivity index (χ3v) is 5.17. The quantitative estimate of drug-likeness (QED) is 0.644. The lowest BCUT2D eigenvalue weighted by Crippen LogP contribution is -2.38. The Kier molecular flexibility index (Phi) is 7.36. The highest BCUT2D eigenvalue weighted by molar-refractivity contribution is 6.35. The summed E-state index contributed by atoms with van der Waals surface area (Å²) in [6, 6.07) is 6.44. The maximum Gasteiger partial charge on any atom is 0.0453 e. The van der Waals surface area contributed by atoms with Crippen molar-refractivity contribution < 1.29 is 0 Å². The molecule has 1 nitrogen and oxygen atoms in total. The summed E-state index contributed by atoms with van der Waals surface area (Å²) >= 11 is 12.4. The summed E-state index contributed by atoms with van der Waals surface area (Å²) in [6.07, 6.45) is 10.5.